The number of halogens is 1. The summed E-state index contributed by atoms with van der Waals surface area (Å²) in [5.74, 6) is 1.05. The van der Waals surface area contributed by atoms with Crippen molar-refractivity contribution in [1.29, 1.82) is 0 Å². The Morgan fingerprint density at radius 2 is 1.90 bits per heavy atom. The maximum absolute atomic E-state index is 11.9. The van der Waals surface area contributed by atoms with Crippen molar-refractivity contribution in [1.82, 2.24) is 4.98 Å². The monoisotopic (exact) mass is 348 g/mol. The molecule has 5 heteroatoms. The van der Waals surface area contributed by atoms with Crippen molar-refractivity contribution in [2.45, 2.75) is 20.8 Å². The molecule has 4 nitrogen and oxygen atoms in total. The van der Waals surface area contributed by atoms with Gasteiger partial charge in [-0.05, 0) is 61.7 Å². The Kier molecular flexibility index (Phi) is 4.96. The lowest BCUT2D eigenvalue weighted by atomic mass is 10.1. The van der Waals surface area contributed by atoms with E-state index < -0.39 is 0 Å². The molecule has 0 bridgehead atoms. The fourth-order valence-corrected chi connectivity index (χ4v) is 2.73. The van der Waals surface area contributed by atoms with Gasteiger partial charge in [0.1, 0.15) is 11.6 Å². The highest BCUT2D eigenvalue weighted by atomic mass is 79.9. The summed E-state index contributed by atoms with van der Waals surface area (Å²) in [6, 6.07) is 7.61. The SMILES string of the molecule is Cc1ccnc(NC(=O)COc2c(C)cc(Br)cc2C)c1. The number of ether oxygens (including phenoxy) is 1. The number of aromatic nitrogens is 1. The van der Waals surface area contributed by atoms with E-state index in [0.29, 0.717) is 5.82 Å². The maximum Gasteiger partial charge on any atom is 0.263 e. The molecule has 2 aromatic rings. The van der Waals surface area contributed by atoms with Crippen molar-refractivity contribution in [2.24, 2.45) is 0 Å². The maximum atomic E-state index is 11.9. The highest BCUT2D eigenvalue weighted by Gasteiger charge is 2.09. The normalized spacial score (nSPS) is 10.3. The molecule has 0 radical (unpaired) electrons. The summed E-state index contributed by atoms with van der Waals surface area (Å²) < 4.78 is 6.62. The molecule has 1 N–H and O–H groups in total. The van der Waals surface area contributed by atoms with Crippen LogP contribution in [0, 0.1) is 20.8 Å². The molecule has 110 valence electrons. The molecule has 21 heavy (non-hydrogen) atoms. The zero-order valence-electron chi connectivity index (χ0n) is 12.2. The van der Waals surface area contributed by atoms with E-state index >= 15 is 0 Å². The van der Waals surface area contributed by atoms with Crippen LogP contribution in [0.5, 0.6) is 5.75 Å². The van der Waals surface area contributed by atoms with Crippen LogP contribution in [-0.2, 0) is 4.79 Å². The van der Waals surface area contributed by atoms with E-state index in [-0.39, 0.29) is 12.5 Å². The number of anilines is 1. The zero-order valence-corrected chi connectivity index (χ0v) is 13.8. The summed E-state index contributed by atoms with van der Waals surface area (Å²) in [6.07, 6.45) is 1.66. The highest BCUT2D eigenvalue weighted by molar-refractivity contribution is 9.10. The summed E-state index contributed by atoms with van der Waals surface area (Å²) in [5, 5.41) is 2.72. The first-order chi connectivity index (χ1) is 9.95. The van der Waals surface area contributed by atoms with Gasteiger partial charge in [-0.15, -0.1) is 0 Å². The number of carbonyl (C=O) groups is 1. The fourth-order valence-electron chi connectivity index (χ4n) is 2.05. The smallest absolute Gasteiger partial charge is 0.263 e. The van der Waals surface area contributed by atoms with Crippen LogP contribution in [-0.4, -0.2) is 17.5 Å². The van der Waals surface area contributed by atoms with Crippen LogP contribution < -0.4 is 10.1 Å². The molecule has 0 spiro atoms. The van der Waals surface area contributed by atoms with Crippen LogP contribution in [0.4, 0.5) is 5.82 Å². The summed E-state index contributed by atoms with van der Waals surface area (Å²) in [4.78, 5) is 16.0. The van der Waals surface area contributed by atoms with E-state index in [0.717, 1.165) is 26.9 Å². The second-order valence-corrected chi connectivity index (χ2v) is 5.84. The van der Waals surface area contributed by atoms with Gasteiger partial charge < -0.3 is 10.1 Å². The van der Waals surface area contributed by atoms with Crippen LogP contribution in [0.2, 0.25) is 0 Å². The largest absolute Gasteiger partial charge is 0.483 e. The molecule has 0 aliphatic heterocycles. The molecule has 2 rings (SSSR count). The third kappa shape index (κ3) is 4.29. The molecule has 0 unspecified atom stereocenters. The molecule has 1 heterocycles. The summed E-state index contributed by atoms with van der Waals surface area (Å²) in [6.45, 7) is 5.81. The number of hydrogen-bond acceptors (Lipinski definition) is 3. The first kappa shape index (κ1) is 15.5. The highest BCUT2D eigenvalue weighted by Crippen LogP contribution is 2.27. The lowest BCUT2D eigenvalue weighted by Gasteiger charge is -2.12. The molecule has 1 aromatic heterocycles. The number of hydrogen-bond donors (Lipinski definition) is 1. The number of rotatable bonds is 4. The predicted octanol–water partition coefficient (Wildman–Crippen LogP) is 3.79. The Morgan fingerprint density at radius 3 is 2.52 bits per heavy atom. The summed E-state index contributed by atoms with van der Waals surface area (Å²) in [7, 11) is 0. The van der Waals surface area contributed by atoms with E-state index in [1.54, 1.807) is 6.20 Å². The van der Waals surface area contributed by atoms with Gasteiger partial charge in [0.2, 0.25) is 0 Å². The van der Waals surface area contributed by atoms with Crippen LogP contribution in [0.3, 0.4) is 0 Å². The molecule has 1 amide bonds. The van der Waals surface area contributed by atoms with Gasteiger partial charge in [0, 0.05) is 10.7 Å². The molecule has 1 aromatic carbocycles. The van der Waals surface area contributed by atoms with Crippen molar-refractivity contribution in [3.05, 3.63) is 51.6 Å². The van der Waals surface area contributed by atoms with Crippen molar-refractivity contribution in [2.75, 3.05) is 11.9 Å². The molecule has 0 aliphatic rings. The Bertz CT molecular complexity index is 648. The standard InChI is InChI=1S/C16H17BrN2O2/c1-10-4-5-18-14(6-10)19-15(20)9-21-16-11(2)7-13(17)8-12(16)3/h4-8H,9H2,1-3H3,(H,18,19,20). The third-order valence-electron chi connectivity index (χ3n) is 2.96. The van der Waals surface area contributed by atoms with Gasteiger partial charge in [-0.1, -0.05) is 15.9 Å². The minimum atomic E-state index is -0.227. The summed E-state index contributed by atoms with van der Waals surface area (Å²) >= 11 is 3.44. The predicted molar refractivity (Wildman–Crippen MR) is 86.7 cm³/mol. The number of aryl methyl sites for hydroxylation is 3. The van der Waals surface area contributed by atoms with Gasteiger partial charge in [-0.2, -0.15) is 0 Å². The van der Waals surface area contributed by atoms with Crippen molar-refractivity contribution in [3.63, 3.8) is 0 Å². The van der Waals surface area contributed by atoms with Crippen molar-refractivity contribution in [3.8, 4) is 5.75 Å². The Hall–Kier alpha value is -1.88. The number of nitrogens with zero attached hydrogens (tertiary/aromatic N) is 1. The fraction of sp³-hybridized carbons (Fsp3) is 0.250. The number of carbonyl (C=O) groups excluding carboxylic acids is 1. The molecule has 0 fully saturated rings. The number of pyridine rings is 1. The van der Waals surface area contributed by atoms with E-state index in [2.05, 4.69) is 26.2 Å². The average molecular weight is 349 g/mol. The van der Waals surface area contributed by atoms with Gasteiger partial charge in [0.25, 0.3) is 5.91 Å². The molecule has 0 aliphatic carbocycles. The molecule has 0 atom stereocenters. The molecular weight excluding hydrogens is 332 g/mol. The topological polar surface area (TPSA) is 51.2 Å². The van der Waals surface area contributed by atoms with Crippen LogP contribution in [0.1, 0.15) is 16.7 Å². The molecular formula is C16H17BrN2O2. The van der Waals surface area contributed by atoms with E-state index in [9.17, 15) is 4.79 Å². The third-order valence-corrected chi connectivity index (χ3v) is 3.41. The van der Waals surface area contributed by atoms with E-state index in [1.807, 2.05) is 45.0 Å². The van der Waals surface area contributed by atoms with E-state index in [4.69, 9.17) is 4.74 Å². The number of benzene rings is 1. The Labute approximate surface area is 132 Å². The van der Waals surface area contributed by atoms with Gasteiger partial charge in [0.05, 0.1) is 0 Å². The quantitative estimate of drug-likeness (QED) is 0.914. The van der Waals surface area contributed by atoms with Crippen molar-refractivity contribution >= 4 is 27.7 Å². The minimum Gasteiger partial charge on any atom is -0.483 e. The lowest BCUT2D eigenvalue weighted by molar-refractivity contribution is -0.118. The Morgan fingerprint density at radius 1 is 1.24 bits per heavy atom. The number of amides is 1. The van der Waals surface area contributed by atoms with Gasteiger partial charge in [0.15, 0.2) is 6.61 Å². The summed E-state index contributed by atoms with van der Waals surface area (Å²) in [5.41, 5.74) is 3.02. The van der Waals surface area contributed by atoms with Gasteiger partial charge >= 0.3 is 0 Å². The van der Waals surface area contributed by atoms with Crippen LogP contribution >= 0.6 is 15.9 Å². The molecule has 0 saturated heterocycles. The molecule has 0 saturated carbocycles. The Balaban J connectivity index is 1.99. The average Bonchev–Trinajstić information content (AvgIpc) is 2.37. The first-order valence-corrected chi connectivity index (χ1v) is 7.37. The van der Waals surface area contributed by atoms with Gasteiger partial charge in [-0.25, -0.2) is 4.98 Å². The van der Waals surface area contributed by atoms with Gasteiger partial charge in [-0.3, -0.25) is 4.79 Å². The zero-order chi connectivity index (χ0) is 15.4. The minimum absolute atomic E-state index is 0.0427. The van der Waals surface area contributed by atoms with E-state index in [1.165, 1.54) is 0 Å². The van der Waals surface area contributed by atoms with Crippen LogP contribution in [0.25, 0.3) is 0 Å². The first-order valence-electron chi connectivity index (χ1n) is 6.58. The second-order valence-electron chi connectivity index (χ2n) is 4.92. The lowest BCUT2D eigenvalue weighted by Crippen LogP contribution is -2.21. The second kappa shape index (κ2) is 6.72. The number of nitrogens with one attached hydrogen (secondary N) is 1. The van der Waals surface area contributed by atoms with Crippen molar-refractivity contribution < 1.29 is 9.53 Å². The van der Waals surface area contributed by atoms with Crippen LogP contribution in [0.15, 0.2) is 34.9 Å².